The van der Waals surface area contributed by atoms with Crippen LogP contribution in [0.5, 0.6) is 0 Å². The summed E-state index contributed by atoms with van der Waals surface area (Å²) in [4.78, 5) is 23.8. The SMILES string of the molecule is O=C(NC1C2CCC(C2)C1C(=O)O)c1ccc(Br)c(Cl)c1. The van der Waals surface area contributed by atoms with Gasteiger partial charge >= 0.3 is 5.97 Å². The number of nitrogens with one attached hydrogen (secondary N) is 1. The number of carboxylic acids is 1. The fourth-order valence-corrected chi connectivity index (χ4v) is 4.15. The molecule has 3 rings (SSSR count). The molecule has 1 amide bonds. The van der Waals surface area contributed by atoms with Crippen molar-refractivity contribution < 1.29 is 14.7 Å². The third-order valence-electron chi connectivity index (χ3n) is 4.68. The van der Waals surface area contributed by atoms with E-state index in [1.165, 1.54) is 0 Å². The van der Waals surface area contributed by atoms with E-state index in [2.05, 4.69) is 21.2 Å². The lowest BCUT2D eigenvalue weighted by Crippen LogP contribution is -2.46. The van der Waals surface area contributed by atoms with Gasteiger partial charge in [-0.05, 0) is 65.2 Å². The van der Waals surface area contributed by atoms with E-state index in [1.807, 2.05) is 0 Å². The van der Waals surface area contributed by atoms with E-state index in [0.717, 1.165) is 23.7 Å². The smallest absolute Gasteiger partial charge is 0.308 e. The Morgan fingerprint density at radius 1 is 1.29 bits per heavy atom. The summed E-state index contributed by atoms with van der Waals surface area (Å²) in [5.41, 5.74) is 0.454. The number of rotatable bonds is 3. The van der Waals surface area contributed by atoms with Gasteiger partial charge in [0.1, 0.15) is 0 Å². The first kappa shape index (κ1) is 14.9. The Kier molecular flexibility index (Phi) is 3.97. The zero-order valence-electron chi connectivity index (χ0n) is 11.2. The molecular weight excluding hydrogens is 358 g/mol. The third kappa shape index (κ3) is 2.69. The molecule has 112 valence electrons. The van der Waals surface area contributed by atoms with Crippen molar-refractivity contribution in [2.45, 2.75) is 25.3 Å². The molecule has 2 aliphatic carbocycles. The number of benzene rings is 1. The fourth-order valence-electron chi connectivity index (χ4n) is 3.73. The van der Waals surface area contributed by atoms with Gasteiger partial charge in [-0.1, -0.05) is 11.6 Å². The Hall–Kier alpha value is -1.07. The van der Waals surface area contributed by atoms with Crippen molar-refractivity contribution in [2.24, 2.45) is 17.8 Å². The van der Waals surface area contributed by atoms with Gasteiger partial charge in [0, 0.05) is 16.1 Å². The van der Waals surface area contributed by atoms with Crippen LogP contribution in [0.4, 0.5) is 0 Å². The molecule has 4 unspecified atom stereocenters. The first-order valence-electron chi connectivity index (χ1n) is 6.96. The predicted octanol–water partition coefficient (Wildman–Crippen LogP) is 3.33. The maximum absolute atomic E-state index is 12.3. The van der Waals surface area contributed by atoms with E-state index >= 15 is 0 Å². The summed E-state index contributed by atoms with van der Waals surface area (Å²) in [7, 11) is 0. The molecule has 0 saturated heterocycles. The maximum atomic E-state index is 12.3. The van der Waals surface area contributed by atoms with Gasteiger partial charge in [-0.25, -0.2) is 0 Å². The van der Waals surface area contributed by atoms with E-state index in [1.54, 1.807) is 18.2 Å². The minimum Gasteiger partial charge on any atom is -0.481 e. The molecule has 4 nitrogen and oxygen atoms in total. The van der Waals surface area contributed by atoms with Crippen LogP contribution < -0.4 is 5.32 Å². The average Bonchev–Trinajstić information content (AvgIpc) is 3.02. The Morgan fingerprint density at radius 2 is 2.00 bits per heavy atom. The Morgan fingerprint density at radius 3 is 2.67 bits per heavy atom. The van der Waals surface area contributed by atoms with Gasteiger partial charge in [0.15, 0.2) is 0 Å². The van der Waals surface area contributed by atoms with Crippen LogP contribution in [0.3, 0.4) is 0 Å². The molecule has 0 heterocycles. The van der Waals surface area contributed by atoms with Crippen molar-refractivity contribution in [3.05, 3.63) is 33.3 Å². The molecule has 4 atom stereocenters. The molecule has 0 radical (unpaired) electrons. The first-order chi connectivity index (χ1) is 9.97. The Labute approximate surface area is 136 Å². The standard InChI is InChI=1S/C15H15BrClNO3/c16-10-4-3-9(6-11(10)17)14(19)18-13-8-2-1-7(5-8)12(13)15(20)21/h3-4,6-8,12-13H,1-2,5H2,(H,18,19)(H,20,21). The summed E-state index contributed by atoms with van der Waals surface area (Å²) in [5, 5.41) is 12.8. The molecule has 2 bridgehead atoms. The number of amides is 1. The summed E-state index contributed by atoms with van der Waals surface area (Å²) in [6, 6.07) is 4.71. The summed E-state index contributed by atoms with van der Waals surface area (Å²) in [5.74, 6) is -1.04. The molecule has 2 N–H and O–H groups in total. The number of hydrogen-bond donors (Lipinski definition) is 2. The molecule has 0 aliphatic heterocycles. The van der Waals surface area contributed by atoms with Crippen molar-refractivity contribution in [1.29, 1.82) is 0 Å². The summed E-state index contributed by atoms with van der Waals surface area (Å²) < 4.78 is 0.726. The lowest BCUT2D eigenvalue weighted by atomic mass is 9.84. The number of hydrogen-bond acceptors (Lipinski definition) is 2. The van der Waals surface area contributed by atoms with Gasteiger partial charge in [-0.3, -0.25) is 9.59 Å². The topological polar surface area (TPSA) is 66.4 Å². The maximum Gasteiger partial charge on any atom is 0.308 e. The minimum atomic E-state index is -0.804. The first-order valence-corrected chi connectivity index (χ1v) is 8.13. The number of carboxylic acid groups (broad SMARTS) is 1. The van der Waals surface area contributed by atoms with Gasteiger partial charge < -0.3 is 10.4 Å². The summed E-state index contributed by atoms with van der Waals surface area (Å²) >= 11 is 9.28. The lowest BCUT2D eigenvalue weighted by molar-refractivity contribution is -0.144. The van der Waals surface area contributed by atoms with Crippen molar-refractivity contribution in [3.63, 3.8) is 0 Å². The van der Waals surface area contributed by atoms with Gasteiger partial charge in [0.2, 0.25) is 0 Å². The second kappa shape index (κ2) is 5.61. The number of carbonyl (C=O) groups is 2. The zero-order chi connectivity index (χ0) is 15.1. The predicted molar refractivity (Wildman–Crippen MR) is 82.4 cm³/mol. The van der Waals surface area contributed by atoms with Crippen LogP contribution in [0, 0.1) is 17.8 Å². The van der Waals surface area contributed by atoms with Crippen molar-refractivity contribution in [1.82, 2.24) is 5.32 Å². The van der Waals surface area contributed by atoms with Gasteiger partial charge in [-0.15, -0.1) is 0 Å². The van der Waals surface area contributed by atoms with Crippen LogP contribution in [-0.2, 0) is 4.79 Å². The van der Waals surface area contributed by atoms with E-state index in [-0.39, 0.29) is 23.8 Å². The molecule has 0 aromatic heterocycles. The lowest BCUT2D eigenvalue weighted by Gasteiger charge is -2.28. The number of fused-ring (bicyclic) bond motifs is 2. The Bertz CT molecular complexity index is 607. The zero-order valence-corrected chi connectivity index (χ0v) is 13.5. The number of carbonyl (C=O) groups excluding carboxylic acids is 1. The normalized spacial score (nSPS) is 30.4. The highest BCUT2D eigenvalue weighted by molar-refractivity contribution is 9.10. The second-order valence-electron chi connectivity index (χ2n) is 5.83. The van der Waals surface area contributed by atoms with E-state index in [0.29, 0.717) is 10.6 Å². The molecule has 2 saturated carbocycles. The van der Waals surface area contributed by atoms with Crippen LogP contribution in [0.25, 0.3) is 0 Å². The van der Waals surface area contributed by atoms with Crippen molar-refractivity contribution in [3.8, 4) is 0 Å². The van der Waals surface area contributed by atoms with Crippen LogP contribution in [0.1, 0.15) is 29.6 Å². The minimum absolute atomic E-state index is 0.200. The highest BCUT2D eigenvalue weighted by atomic mass is 79.9. The van der Waals surface area contributed by atoms with Crippen LogP contribution in [0.15, 0.2) is 22.7 Å². The molecule has 0 spiro atoms. The van der Waals surface area contributed by atoms with Crippen LogP contribution in [0.2, 0.25) is 5.02 Å². The highest BCUT2D eigenvalue weighted by Gasteiger charge is 2.51. The summed E-state index contributed by atoms with van der Waals surface area (Å²) in [6.07, 6.45) is 2.86. The van der Waals surface area contributed by atoms with Gasteiger partial charge in [0.25, 0.3) is 5.91 Å². The third-order valence-corrected chi connectivity index (χ3v) is 5.91. The molecule has 1 aromatic rings. The number of aliphatic carboxylic acids is 1. The number of halogens is 2. The molecule has 1 aromatic carbocycles. The van der Waals surface area contributed by atoms with Crippen LogP contribution >= 0.6 is 27.5 Å². The van der Waals surface area contributed by atoms with E-state index in [9.17, 15) is 14.7 Å². The van der Waals surface area contributed by atoms with Gasteiger partial charge in [-0.2, -0.15) is 0 Å². The van der Waals surface area contributed by atoms with Crippen LogP contribution in [-0.4, -0.2) is 23.0 Å². The second-order valence-corrected chi connectivity index (χ2v) is 7.09. The average molecular weight is 373 g/mol. The monoisotopic (exact) mass is 371 g/mol. The molecule has 6 heteroatoms. The van der Waals surface area contributed by atoms with Gasteiger partial charge in [0.05, 0.1) is 10.9 Å². The van der Waals surface area contributed by atoms with Crippen molar-refractivity contribution in [2.75, 3.05) is 0 Å². The largest absolute Gasteiger partial charge is 0.481 e. The molecule has 2 aliphatic rings. The summed E-state index contributed by atoms with van der Waals surface area (Å²) in [6.45, 7) is 0. The fraction of sp³-hybridized carbons (Fsp3) is 0.467. The molecule has 2 fully saturated rings. The molecule has 21 heavy (non-hydrogen) atoms. The van der Waals surface area contributed by atoms with Crippen molar-refractivity contribution >= 4 is 39.4 Å². The van der Waals surface area contributed by atoms with E-state index in [4.69, 9.17) is 11.6 Å². The Balaban J connectivity index is 1.77. The highest BCUT2D eigenvalue weighted by Crippen LogP contribution is 2.48. The van der Waals surface area contributed by atoms with E-state index < -0.39 is 11.9 Å². The molecular formula is C15H15BrClNO3. The quantitative estimate of drug-likeness (QED) is 0.855.